The van der Waals surface area contributed by atoms with Gasteiger partial charge >= 0.3 is 0 Å². The van der Waals surface area contributed by atoms with Crippen LogP contribution in [0.4, 0.5) is 8.78 Å². The minimum absolute atomic E-state index is 0.0315. The van der Waals surface area contributed by atoms with Gasteiger partial charge in [0, 0.05) is 36.1 Å². The molecule has 0 radical (unpaired) electrons. The average molecular weight is 421 g/mol. The molecule has 3 aromatic rings. The SMILES string of the molecule is O=C(NCc1[nH]c(=S)n2c1CC(c1c(F)ccc(Cl)c1F)C2)c1cccnc1. The molecule has 1 aliphatic rings. The minimum Gasteiger partial charge on any atom is -0.346 e. The van der Waals surface area contributed by atoms with Gasteiger partial charge in [-0.05, 0) is 42.9 Å². The summed E-state index contributed by atoms with van der Waals surface area (Å²) in [4.78, 5) is 19.2. The Morgan fingerprint density at radius 1 is 1.39 bits per heavy atom. The van der Waals surface area contributed by atoms with Crippen LogP contribution in [0.2, 0.25) is 5.02 Å². The topological polar surface area (TPSA) is 62.7 Å². The van der Waals surface area contributed by atoms with Crippen molar-refractivity contribution in [1.29, 1.82) is 0 Å². The molecule has 4 rings (SSSR count). The van der Waals surface area contributed by atoms with Gasteiger partial charge in [-0.1, -0.05) is 11.6 Å². The molecule has 2 N–H and O–H groups in total. The Morgan fingerprint density at radius 3 is 2.96 bits per heavy atom. The van der Waals surface area contributed by atoms with Crippen molar-refractivity contribution in [2.45, 2.75) is 25.4 Å². The number of carbonyl (C=O) groups is 1. The zero-order valence-electron chi connectivity index (χ0n) is 14.5. The van der Waals surface area contributed by atoms with Crippen molar-refractivity contribution >= 4 is 29.7 Å². The number of imidazole rings is 1. The molecule has 0 fully saturated rings. The first-order chi connectivity index (χ1) is 13.5. The van der Waals surface area contributed by atoms with E-state index in [1.807, 2.05) is 4.57 Å². The van der Waals surface area contributed by atoms with Crippen molar-refractivity contribution in [3.8, 4) is 0 Å². The molecule has 0 spiro atoms. The van der Waals surface area contributed by atoms with E-state index in [0.29, 0.717) is 29.0 Å². The van der Waals surface area contributed by atoms with Crippen LogP contribution in [0.15, 0.2) is 36.7 Å². The van der Waals surface area contributed by atoms with Gasteiger partial charge in [-0.15, -0.1) is 0 Å². The van der Waals surface area contributed by atoms with Crippen LogP contribution in [0.3, 0.4) is 0 Å². The number of amides is 1. The molecular weight excluding hydrogens is 406 g/mol. The van der Waals surface area contributed by atoms with Gasteiger partial charge in [-0.2, -0.15) is 0 Å². The standard InChI is InChI=1S/C19H15ClF2N4OS/c20-12-3-4-13(21)16(17(12)22)11-6-15-14(25-19(28)26(15)9-11)8-24-18(27)10-2-1-5-23-7-10/h1-5,7,11H,6,8-9H2,(H,24,27)(H,25,28). The number of carbonyl (C=O) groups excluding carboxylic acids is 1. The second-order valence-corrected chi connectivity index (χ2v) is 7.34. The lowest BCUT2D eigenvalue weighted by Crippen LogP contribution is -2.23. The van der Waals surface area contributed by atoms with Crippen molar-refractivity contribution in [2.24, 2.45) is 0 Å². The van der Waals surface area contributed by atoms with Crippen LogP contribution < -0.4 is 5.32 Å². The fourth-order valence-electron chi connectivity index (χ4n) is 3.52. The quantitative estimate of drug-likeness (QED) is 0.492. The molecule has 0 saturated heterocycles. The highest BCUT2D eigenvalue weighted by molar-refractivity contribution is 7.71. The summed E-state index contributed by atoms with van der Waals surface area (Å²) >= 11 is 11.2. The third-order valence-electron chi connectivity index (χ3n) is 4.86. The maximum Gasteiger partial charge on any atom is 0.253 e. The van der Waals surface area contributed by atoms with Crippen LogP contribution in [-0.4, -0.2) is 20.4 Å². The van der Waals surface area contributed by atoms with Crippen molar-refractivity contribution < 1.29 is 13.6 Å². The molecule has 5 nitrogen and oxygen atoms in total. The second kappa shape index (κ2) is 7.44. The van der Waals surface area contributed by atoms with Crippen molar-refractivity contribution in [3.63, 3.8) is 0 Å². The van der Waals surface area contributed by atoms with Gasteiger partial charge in [0.15, 0.2) is 4.77 Å². The fourth-order valence-corrected chi connectivity index (χ4v) is 4.00. The normalized spacial score (nSPS) is 15.5. The summed E-state index contributed by atoms with van der Waals surface area (Å²) in [5.41, 5.74) is 1.95. The number of H-pyrrole nitrogens is 1. The van der Waals surface area contributed by atoms with E-state index in [-0.39, 0.29) is 23.0 Å². The molecule has 1 amide bonds. The number of benzene rings is 1. The smallest absolute Gasteiger partial charge is 0.253 e. The molecule has 1 unspecified atom stereocenters. The molecule has 1 aromatic carbocycles. The predicted molar refractivity (Wildman–Crippen MR) is 103 cm³/mol. The van der Waals surface area contributed by atoms with Gasteiger partial charge in [-0.3, -0.25) is 9.78 Å². The summed E-state index contributed by atoms with van der Waals surface area (Å²) < 4.78 is 30.9. The van der Waals surface area contributed by atoms with Crippen molar-refractivity contribution in [1.82, 2.24) is 19.9 Å². The molecule has 0 bridgehead atoms. The molecule has 1 aliphatic heterocycles. The number of aromatic nitrogens is 3. The summed E-state index contributed by atoms with van der Waals surface area (Å²) in [5, 5.41) is 2.70. The number of hydrogen-bond donors (Lipinski definition) is 2. The van der Waals surface area contributed by atoms with Gasteiger partial charge in [0.25, 0.3) is 5.91 Å². The van der Waals surface area contributed by atoms with Crippen molar-refractivity contribution in [2.75, 3.05) is 0 Å². The van der Waals surface area contributed by atoms with E-state index in [1.54, 1.807) is 18.3 Å². The van der Waals surface area contributed by atoms with Crippen LogP contribution >= 0.6 is 23.8 Å². The Hall–Kier alpha value is -2.58. The summed E-state index contributed by atoms with van der Waals surface area (Å²) in [6.07, 6.45) is 3.45. The van der Waals surface area contributed by atoms with Crippen LogP contribution in [0.25, 0.3) is 0 Å². The lowest BCUT2D eigenvalue weighted by molar-refractivity contribution is 0.0950. The number of hydrogen-bond acceptors (Lipinski definition) is 3. The molecule has 28 heavy (non-hydrogen) atoms. The van der Waals surface area contributed by atoms with E-state index in [9.17, 15) is 13.6 Å². The van der Waals surface area contributed by atoms with Gasteiger partial charge in [-0.25, -0.2) is 8.78 Å². The molecule has 0 saturated carbocycles. The zero-order valence-corrected chi connectivity index (χ0v) is 16.1. The molecule has 3 heterocycles. The lowest BCUT2D eigenvalue weighted by Gasteiger charge is -2.13. The first kappa shape index (κ1) is 18.8. The number of nitrogens with zero attached hydrogens (tertiary/aromatic N) is 2. The molecule has 1 atom stereocenters. The van der Waals surface area contributed by atoms with Gasteiger partial charge in [0.05, 0.1) is 22.8 Å². The highest BCUT2D eigenvalue weighted by atomic mass is 35.5. The predicted octanol–water partition coefficient (Wildman–Crippen LogP) is 4.14. The zero-order chi connectivity index (χ0) is 19.8. The monoisotopic (exact) mass is 420 g/mol. The number of halogens is 3. The van der Waals surface area contributed by atoms with Crippen LogP contribution in [-0.2, 0) is 19.5 Å². The minimum atomic E-state index is -0.737. The molecular formula is C19H15ClF2N4OS. The Labute approximate surface area is 169 Å². The Bertz CT molecular complexity index is 1110. The van der Waals surface area contributed by atoms with Gasteiger partial charge in [0.1, 0.15) is 11.6 Å². The number of fused-ring (bicyclic) bond motifs is 1. The summed E-state index contributed by atoms with van der Waals surface area (Å²) in [7, 11) is 0. The number of nitrogens with one attached hydrogen (secondary N) is 2. The highest BCUT2D eigenvalue weighted by Gasteiger charge is 2.31. The van der Waals surface area contributed by atoms with E-state index in [1.165, 1.54) is 18.3 Å². The van der Waals surface area contributed by atoms with E-state index in [4.69, 9.17) is 23.8 Å². The maximum atomic E-state index is 14.4. The van der Waals surface area contributed by atoms with Gasteiger partial charge < -0.3 is 14.9 Å². The Balaban J connectivity index is 1.55. The molecule has 2 aromatic heterocycles. The average Bonchev–Trinajstić information content (AvgIpc) is 3.24. The van der Waals surface area contributed by atoms with E-state index in [0.717, 1.165) is 5.69 Å². The maximum absolute atomic E-state index is 14.4. The van der Waals surface area contributed by atoms with E-state index in [2.05, 4.69) is 15.3 Å². The third kappa shape index (κ3) is 3.33. The summed E-state index contributed by atoms with van der Waals surface area (Å²) in [6.45, 7) is 0.558. The number of rotatable bonds is 4. The van der Waals surface area contributed by atoms with Crippen molar-refractivity contribution in [3.05, 3.63) is 80.6 Å². The van der Waals surface area contributed by atoms with E-state index >= 15 is 0 Å². The van der Waals surface area contributed by atoms with Crippen LogP contribution in [0, 0.1) is 16.4 Å². The molecule has 144 valence electrons. The first-order valence-electron chi connectivity index (χ1n) is 8.58. The highest BCUT2D eigenvalue weighted by Crippen LogP contribution is 2.36. The van der Waals surface area contributed by atoms with Gasteiger partial charge in [0.2, 0.25) is 0 Å². The van der Waals surface area contributed by atoms with Crippen LogP contribution in [0.1, 0.15) is 33.2 Å². The Morgan fingerprint density at radius 2 is 2.21 bits per heavy atom. The summed E-state index contributed by atoms with van der Waals surface area (Å²) in [5.74, 6) is -2.05. The lowest BCUT2D eigenvalue weighted by atomic mass is 9.95. The largest absolute Gasteiger partial charge is 0.346 e. The van der Waals surface area contributed by atoms with E-state index < -0.39 is 17.6 Å². The second-order valence-electron chi connectivity index (χ2n) is 6.55. The number of pyridine rings is 1. The summed E-state index contributed by atoms with van der Waals surface area (Å²) in [6, 6.07) is 5.72. The Kier molecular flexibility index (Phi) is 4.99. The number of aromatic amines is 1. The first-order valence-corrected chi connectivity index (χ1v) is 9.36. The van der Waals surface area contributed by atoms with Crippen LogP contribution in [0.5, 0.6) is 0 Å². The fraction of sp³-hybridized carbons (Fsp3) is 0.211. The third-order valence-corrected chi connectivity index (χ3v) is 5.47. The molecule has 9 heteroatoms. The molecule has 0 aliphatic carbocycles.